The smallest absolute Gasteiger partial charge is 0.306 e. The van der Waals surface area contributed by atoms with E-state index in [-0.39, 0.29) is 13.0 Å². The molecule has 6 nitrogen and oxygen atoms in total. The Morgan fingerprint density at radius 2 is 2.33 bits per heavy atom. The van der Waals surface area contributed by atoms with Gasteiger partial charge in [-0.2, -0.15) is 0 Å². The van der Waals surface area contributed by atoms with E-state index >= 15 is 0 Å². The minimum atomic E-state index is -0.946. The maximum absolute atomic E-state index is 9.97. The van der Waals surface area contributed by atoms with Crippen LogP contribution >= 0.6 is 0 Å². The highest BCUT2D eigenvalue weighted by molar-refractivity contribution is 6.29. The number of aliphatic carboxylic acids is 1. The SMILES string of the molecule is CC(C=NO)=NOCCC(=O)O. The van der Waals surface area contributed by atoms with Gasteiger partial charge in [-0.25, -0.2) is 0 Å². The zero-order valence-corrected chi connectivity index (χ0v) is 6.60. The molecule has 0 fully saturated rings. The lowest BCUT2D eigenvalue weighted by Gasteiger charge is -1.95. The third-order valence-electron chi connectivity index (χ3n) is 0.860. The molecule has 2 N–H and O–H groups in total. The number of hydrogen-bond donors (Lipinski definition) is 2. The summed E-state index contributed by atoms with van der Waals surface area (Å²) in [5.74, 6) is -0.946. The first-order chi connectivity index (χ1) is 5.66. The molecule has 0 aromatic carbocycles. The molecular formula is C6H10N2O4. The molecule has 0 aliphatic carbocycles. The highest BCUT2D eigenvalue weighted by Gasteiger charge is 1.95. The molecule has 0 aromatic rings. The summed E-state index contributed by atoms with van der Waals surface area (Å²) in [6.07, 6.45) is 0.980. The predicted molar refractivity (Wildman–Crippen MR) is 41.6 cm³/mol. The molecule has 0 saturated carbocycles. The van der Waals surface area contributed by atoms with Crippen LogP contribution in [0.3, 0.4) is 0 Å². The normalized spacial score (nSPS) is 11.9. The van der Waals surface area contributed by atoms with Gasteiger partial charge in [-0.15, -0.1) is 0 Å². The molecular weight excluding hydrogens is 164 g/mol. The minimum Gasteiger partial charge on any atom is -0.481 e. The molecule has 0 amide bonds. The van der Waals surface area contributed by atoms with E-state index in [1.807, 2.05) is 0 Å². The lowest BCUT2D eigenvalue weighted by molar-refractivity contribution is -0.138. The van der Waals surface area contributed by atoms with Crippen LogP contribution in [0.15, 0.2) is 10.3 Å². The van der Waals surface area contributed by atoms with E-state index in [9.17, 15) is 4.79 Å². The third kappa shape index (κ3) is 6.53. The summed E-state index contributed by atoms with van der Waals surface area (Å²) in [6.45, 7) is 1.56. The van der Waals surface area contributed by atoms with Gasteiger partial charge in [-0.3, -0.25) is 4.79 Å². The van der Waals surface area contributed by atoms with Crippen LogP contribution in [0, 0.1) is 0 Å². The molecule has 0 heterocycles. The monoisotopic (exact) mass is 174 g/mol. The van der Waals surface area contributed by atoms with E-state index in [4.69, 9.17) is 10.3 Å². The fourth-order valence-corrected chi connectivity index (χ4v) is 0.388. The van der Waals surface area contributed by atoms with Crippen molar-refractivity contribution in [3.05, 3.63) is 0 Å². The zero-order chi connectivity index (χ0) is 9.40. The summed E-state index contributed by atoms with van der Waals surface area (Å²) in [6, 6.07) is 0. The van der Waals surface area contributed by atoms with Crippen molar-refractivity contribution in [1.82, 2.24) is 0 Å². The Labute approximate surface area is 69.1 Å². The van der Waals surface area contributed by atoms with Gasteiger partial charge in [0.25, 0.3) is 0 Å². The van der Waals surface area contributed by atoms with Crippen LogP contribution in [-0.4, -0.2) is 34.8 Å². The van der Waals surface area contributed by atoms with E-state index in [2.05, 4.69) is 15.1 Å². The summed E-state index contributed by atoms with van der Waals surface area (Å²) < 4.78 is 0. The quantitative estimate of drug-likeness (QED) is 0.271. The average molecular weight is 174 g/mol. The van der Waals surface area contributed by atoms with E-state index in [1.54, 1.807) is 6.92 Å². The van der Waals surface area contributed by atoms with Crippen LogP contribution in [0.1, 0.15) is 13.3 Å². The van der Waals surface area contributed by atoms with Crippen molar-refractivity contribution in [2.75, 3.05) is 6.61 Å². The van der Waals surface area contributed by atoms with Gasteiger partial charge < -0.3 is 15.2 Å². The van der Waals surface area contributed by atoms with Crippen LogP contribution in [0.4, 0.5) is 0 Å². The second kappa shape index (κ2) is 6.14. The summed E-state index contributed by atoms with van der Waals surface area (Å²) in [7, 11) is 0. The fourth-order valence-electron chi connectivity index (χ4n) is 0.388. The van der Waals surface area contributed by atoms with Crippen molar-refractivity contribution >= 4 is 17.9 Å². The zero-order valence-electron chi connectivity index (χ0n) is 6.60. The molecule has 0 spiro atoms. The Balaban J connectivity index is 3.53. The van der Waals surface area contributed by atoms with Crippen molar-refractivity contribution in [2.45, 2.75) is 13.3 Å². The molecule has 0 aliphatic rings. The lowest BCUT2D eigenvalue weighted by atomic mass is 10.5. The van der Waals surface area contributed by atoms with Gasteiger partial charge in [0, 0.05) is 0 Å². The first kappa shape index (κ1) is 10.4. The van der Waals surface area contributed by atoms with E-state index in [0.29, 0.717) is 5.71 Å². The molecule has 12 heavy (non-hydrogen) atoms. The largest absolute Gasteiger partial charge is 0.481 e. The van der Waals surface area contributed by atoms with Crippen LogP contribution in [0.2, 0.25) is 0 Å². The Bertz CT molecular complexity index is 200. The number of oxime groups is 2. The molecule has 0 bridgehead atoms. The summed E-state index contributed by atoms with van der Waals surface area (Å²) >= 11 is 0. The second-order valence-electron chi connectivity index (χ2n) is 1.95. The number of carbonyl (C=O) groups is 1. The van der Waals surface area contributed by atoms with Crippen molar-refractivity contribution in [3.63, 3.8) is 0 Å². The second-order valence-corrected chi connectivity index (χ2v) is 1.95. The highest BCUT2D eigenvalue weighted by atomic mass is 16.6. The number of rotatable bonds is 5. The number of carboxylic acids is 1. The van der Waals surface area contributed by atoms with Crippen molar-refractivity contribution < 1.29 is 19.9 Å². The van der Waals surface area contributed by atoms with Gasteiger partial charge in [-0.1, -0.05) is 10.3 Å². The van der Waals surface area contributed by atoms with Crippen LogP contribution < -0.4 is 0 Å². The average Bonchev–Trinajstić information content (AvgIpc) is 1.98. The molecule has 68 valence electrons. The molecule has 0 unspecified atom stereocenters. The number of nitrogens with zero attached hydrogens (tertiary/aromatic N) is 2. The third-order valence-corrected chi connectivity index (χ3v) is 0.860. The maximum atomic E-state index is 9.97. The number of hydrogen-bond acceptors (Lipinski definition) is 5. The fraction of sp³-hybridized carbons (Fsp3) is 0.500. The minimum absolute atomic E-state index is 0.00589. The van der Waals surface area contributed by atoms with Crippen LogP contribution in [0.5, 0.6) is 0 Å². The molecule has 0 rings (SSSR count). The maximum Gasteiger partial charge on any atom is 0.306 e. The van der Waals surface area contributed by atoms with E-state index in [1.165, 1.54) is 0 Å². The van der Waals surface area contributed by atoms with E-state index < -0.39 is 5.97 Å². The van der Waals surface area contributed by atoms with Crippen LogP contribution in [-0.2, 0) is 9.63 Å². The van der Waals surface area contributed by atoms with Gasteiger partial charge in [0.2, 0.25) is 0 Å². The standard InChI is InChI=1S/C6H10N2O4/c1-5(4-7-11)8-12-3-2-6(9)10/h4,11H,2-3H2,1H3,(H,9,10). The Morgan fingerprint density at radius 1 is 1.67 bits per heavy atom. The van der Waals surface area contributed by atoms with Crippen molar-refractivity contribution in [3.8, 4) is 0 Å². The summed E-state index contributed by atoms with van der Waals surface area (Å²) in [5.41, 5.74) is 0.364. The molecule has 0 atom stereocenters. The van der Waals surface area contributed by atoms with Gasteiger partial charge >= 0.3 is 5.97 Å². The van der Waals surface area contributed by atoms with Crippen LogP contribution in [0.25, 0.3) is 0 Å². The Morgan fingerprint density at radius 3 is 2.83 bits per heavy atom. The molecule has 0 aromatic heterocycles. The Hall–Kier alpha value is -1.59. The lowest BCUT2D eigenvalue weighted by Crippen LogP contribution is -2.01. The first-order valence-electron chi connectivity index (χ1n) is 3.22. The van der Waals surface area contributed by atoms with Gasteiger partial charge in [0.05, 0.1) is 18.3 Å². The van der Waals surface area contributed by atoms with Crippen molar-refractivity contribution in [1.29, 1.82) is 0 Å². The highest BCUT2D eigenvalue weighted by Crippen LogP contribution is 1.84. The summed E-state index contributed by atoms with van der Waals surface area (Å²) in [4.78, 5) is 14.5. The predicted octanol–water partition coefficient (Wildman–Crippen LogP) is 0.314. The van der Waals surface area contributed by atoms with Crippen molar-refractivity contribution in [2.24, 2.45) is 10.3 Å². The van der Waals surface area contributed by atoms with Gasteiger partial charge in [0.1, 0.15) is 6.61 Å². The topological polar surface area (TPSA) is 91.5 Å². The number of carboxylic acid groups (broad SMARTS) is 1. The first-order valence-corrected chi connectivity index (χ1v) is 3.22. The summed E-state index contributed by atoms with van der Waals surface area (Å²) in [5, 5.41) is 22.3. The Kier molecular flexibility index (Phi) is 5.33. The van der Waals surface area contributed by atoms with E-state index in [0.717, 1.165) is 6.21 Å². The molecule has 0 aliphatic heterocycles. The van der Waals surface area contributed by atoms with Gasteiger partial charge in [-0.05, 0) is 6.92 Å². The molecule has 0 saturated heterocycles. The van der Waals surface area contributed by atoms with Gasteiger partial charge in [0.15, 0.2) is 0 Å². The molecule has 6 heteroatoms. The molecule has 0 radical (unpaired) electrons.